The van der Waals surface area contributed by atoms with Gasteiger partial charge in [0.1, 0.15) is 0 Å². The first-order valence-electron chi connectivity index (χ1n) is 5.93. The van der Waals surface area contributed by atoms with Crippen molar-refractivity contribution in [3.8, 4) is 0 Å². The Morgan fingerprint density at radius 3 is 2.63 bits per heavy atom. The van der Waals surface area contributed by atoms with E-state index < -0.39 is 10.0 Å². The van der Waals surface area contributed by atoms with Crippen LogP contribution in [0.15, 0.2) is 42.6 Å². The first kappa shape index (κ1) is 13.5. The highest BCUT2D eigenvalue weighted by Crippen LogP contribution is 2.13. The Bertz CT molecular complexity index is 628. The second-order valence-electron chi connectivity index (χ2n) is 4.54. The van der Waals surface area contributed by atoms with Gasteiger partial charge in [0.15, 0.2) is 0 Å². The molecule has 5 heteroatoms. The maximum Gasteiger partial charge on any atom is 0.236 e. The van der Waals surface area contributed by atoms with Gasteiger partial charge in [0, 0.05) is 11.9 Å². The van der Waals surface area contributed by atoms with Gasteiger partial charge in [0.2, 0.25) is 10.0 Å². The molecule has 0 bridgehead atoms. The molecule has 1 aromatic heterocycles. The Labute approximate surface area is 113 Å². The largest absolute Gasteiger partial charge is 0.283 e. The van der Waals surface area contributed by atoms with Crippen LogP contribution in [0.4, 0.5) is 5.69 Å². The van der Waals surface area contributed by atoms with Crippen molar-refractivity contribution < 1.29 is 8.42 Å². The standard InChI is InChI=1S/C14H16N2O2S/c1-11-4-3-5-13(8-11)10-19(17,18)16-14-6-7-15-12(2)9-14/h3-9H,10H2,1-2H3,(H,15,16). The third kappa shape index (κ3) is 4.06. The minimum atomic E-state index is -3.40. The first-order valence-corrected chi connectivity index (χ1v) is 7.58. The number of rotatable bonds is 4. The van der Waals surface area contributed by atoms with Crippen LogP contribution in [-0.4, -0.2) is 13.4 Å². The Morgan fingerprint density at radius 2 is 1.95 bits per heavy atom. The number of hydrogen-bond donors (Lipinski definition) is 1. The van der Waals surface area contributed by atoms with Gasteiger partial charge in [0.25, 0.3) is 0 Å². The normalized spacial score (nSPS) is 11.3. The van der Waals surface area contributed by atoms with Gasteiger partial charge >= 0.3 is 0 Å². The lowest BCUT2D eigenvalue weighted by Crippen LogP contribution is -2.15. The predicted octanol–water partition coefficient (Wildman–Crippen LogP) is 2.64. The molecule has 0 aliphatic carbocycles. The summed E-state index contributed by atoms with van der Waals surface area (Å²) < 4.78 is 26.7. The van der Waals surface area contributed by atoms with E-state index in [0.717, 1.165) is 16.8 Å². The molecule has 1 aromatic carbocycles. The molecule has 4 nitrogen and oxygen atoms in total. The molecular formula is C14H16N2O2S. The van der Waals surface area contributed by atoms with Crippen molar-refractivity contribution in [1.82, 2.24) is 4.98 Å². The summed E-state index contributed by atoms with van der Waals surface area (Å²) in [5.41, 5.74) is 3.14. The van der Waals surface area contributed by atoms with Crippen molar-refractivity contribution in [3.63, 3.8) is 0 Å². The molecule has 0 aliphatic heterocycles. The molecule has 0 saturated carbocycles. The lowest BCUT2D eigenvalue weighted by Gasteiger charge is -2.08. The lowest BCUT2D eigenvalue weighted by molar-refractivity contribution is 0.600. The maximum absolute atomic E-state index is 12.1. The molecule has 2 rings (SSSR count). The number of hydrogen-bond acceptors (Lipinski definition) is 3. The molecule has 0 saturated heterocycles. The number of nitrogens with one attached hydrogen (secondary N) is 1. The van der Waals surface area contributed by atoms with Crippen LogP contribution >= 0.6 is 0 Å². The van der Waals surface area contributed by atoms with Crippen molar-refractivity contribution in [2.24, 2.45) is 0 Å². The molecule has 0 amide bonds. The van der Waals surface area contributed by atoms with Gasteiger partial charge in [-0.2, -0.15) is 0 Å². The topological polar surface area (TPSA) is 59.1 Å². The fraction of sp³-hybridized carbons (Fsp3) is 0.214. The third-order valence-corrected chi connectivity index (χ3v) is 3.87. The van der Waals surface area contributed by atoms with Crippen LogP contribution in [0.25, 0.3) is 0 Å². The van der Waals surface area contributed by atoms with E-state index in [4.69, 9.17) is 0 Å². The van der Waals surface area contributed by atoms with Crippen molar-refractivity contribution in [2.45, 2.75) is 19.6 Å². The van der Waals surface area contributed by atoms with Crippen molar-refractivity contribution in [3.05, 3.63) is 59.4 Å². The van der Waals surface area contributed by atoms with Crippen LogP contribution in [0.3, 0.4) is 0 Å². The summed E-state index contributed by atoms with van der Waals surface area (Å²) in [5, 5.41) is 0. The summed E-state index contributed by atoms with van der Waals surface area (Å²) in [6.07, 6.45) is 1.58. The molecular weight excluding hydrogens is 260 g/mol. The molecule has 19 heavy (non-hydrogen) atoms. The number of benzene rings is 1. The number of sulfonamides is 1. The zero-order chi connectivity index (χ0) is 13.9. The Kier molecular flexibility index (Phi) is 3.85. The monoisotopic (exact) mass is 276 g/mol. The fourth-order valence-corrected chi connectivity index (χ4v) is 3.02. The van der Waals surface area contributed by atoms with Crippen LogP contribution < -0.4 is 4.72 Å². The minimum absolute atomic E-state index is 0.0317. The smallest absolute Gasteiger partial charge is 0.236 e. The number of aryl methyl sites for hydroxylation is 2. The second kappa shape index (κ2) is 5.40. The van der Waals surface area contributed by atoms with Gasteiger partial charge in [-0.3, -0.25) is 9.71 Å². The van der Waals surface area contributed by atoms with Crippen LogP contribution in [0, 0.1) is 13.8 Å². The average molecular weight is 276 g/mol. The number of pyridine rings is 1. The van der Waals surface area contributed by atoms with Crippen molar-refractivity contribution in [2.75, 3.05) is 4.72 Å². The summed E-state index contributed by atoms with van der Waals surface area (Å²) in [4.78, 5) is 4.03. The fourth-order valence-electron chi connectivity index (χ4n) is 1.85. The summed E-state index contributed by atoms with van der Waals surface area (Å²) in [6, 6.07) is 10.8. The van der Waals surface area contributed by atoms with Gasteiger partial charge in [-0.1, -0.05) is 29.8 Å². The van der Waals surface area contributed by atoms with E-state index >= 15 is 0 Å². The summed E-state index contributed by atoms with van der Waals surface area (Å²) >= 11 is 0. The SMILES string of the molecule is Cc1cccc(CS(=O)(=O)Nc2ccnc(C)c2)c1. The molecule has 1 heterocycles. The van der Waals surface area contributed by atoms with Crippen molar-refractivity contribution in [1.29, 1.82) is 0 Å². The molecule has 1 N–H and O–H groups in total. The predicted molar refractivity (Wildman–Crippen MR) is 76.4 cm³/mol. The van der Waals surface area contributed by atoms with Gasteiger partial charge in [-0.05, 0) is 31.5 Å². The van der Waals surface area contributed by atoms with E-state index in [-0.39, 0.29) is 5.75 Å². The van der Waals surface area contributed by atoms with E-state index in [9.17, 15) is 8.42 Å². The molecule has 0 spiro atoms. The van der Waals surface area contributed by atoms with Crippen LogP contribution in [0.5, 0.6) is 0 Å². The molecule has 0 fully saturated rings. The molecule has 0 unspecified atom stereocenters. The Hall–Kier alpha value is -1.88. The van der Waals surface area contributed by atoms with Gasteiger partial charge in [0.05, 0.1) is 11.4 Å². The maximum atomic E-state index is 12.1. The number of anilines is 1. The summed E-state index contributed by atoms with van der Waals surface area (Å²) in [7, 11) is -3.40. The highest BCUT2D eigenvalue weighted by atomic mass is 32.2. The quantitative estimate of drug-likeness (QED) is 0.934. The molecule has 2 aromatic rings. The summed E-state index contributed by atoms with van der Waals surface area (Å²) in [6.45, 7) is 3.76. The average Bonchev–Trinajstić information content (AvgIpc) is 2.27. The van der Waals surface area contributed by atoms with Crippen LogP contribution in [-0.2, 0) is 15.8 Å². The van der Waals surface area contributed by atoms with E-state index in [1.165, 1.54) is 0 Å². The van der Waals surface area contributed by atoms with Crippen LogP contribution in [0.2, 0.25) is 0 Å². The second-order valence-corrected chi connectivity index (χ2v) is 6.26. The Balaban J connectivity index is 2.15. The number of aromatic nitrogens is 1. The molecule has 0 radical (unpaired) electrons. The lowest BCUT2D eigenvalue weighted by atomic mass is 10.2. The summed E-state index contributed by atoms with van der Waals surface area (Å²) in [5.74, 6) is -0.0317. The van der Waals surface area contributed by atoms with Gasteiger partial charge < -0.3 is 0 Å². The number of nitrogens with zero attached hydrogens (tertiary/aromatic N) is 1. The van der Waals surface area contributed by atoms with E-state index in [0.29, 0.717) is 5.69 Å². The zero-order valence-electron chi connectivity index (χ0n) is 10.9. The van der Waals surface area contributed by atoms with E-state index in [1.54, 1.807) is 18.3 Å². The first-order chi connectivity index (χ1) is 8.94. The van der Waals surface area contributed by atoms with Gasteiger partial charge in [-0.15, -0.1) is 0 Å². The molecule has 0 aliphatic rings. The van der Waals surface area contributed by atoms with Crippen LogP contribution in [0.1, 0.15) is 16.8 Å². The third-order valence-electron chi connectivity index (χ3n) is 2.61. The van der Waals surface area contributed by atoms with E-state index in [2.05, 4.69) is 9.71 Å². The molecule has 100 valence electrons. The minimum Gasteiger partial charge on any atom is -0.283 e. The van der Waals surface area contributed by atoms with E-state index in [1.807, 2.05) is 38.1 Å². The van der Waals surface area contributed by atoms with Gasteiger partial charge in [-0.25, -0.2) is 8.42 Å². The Morgan fingerprint density at radius 1 is 1.16 bits per heavy atom. The highest BCUT2D eigenvalue weighted by Gasteiger charge is 2.11. The van der Waals surface area contributed by atoms with Crippen molar-refractivity contribution >= 4 is 15.7 Å². The highest BCUT2D eigenvalue weighted by molar-refractivity contribution is 7.91. The molecule has 0 atom stereocenters. The zero-order valence-corrected chi connectivity index (χ0v) is 11.7.